The SMILES string of the molecule is CC(C)c1ccccc1C(C)C.Nc1ccc(O)cc1.Nc1ccc(O)cc1. The van der Waals surface area contributed by atoms with Gasteiger partial charge in [-0.2, -0.15) is 0 Å². The maximum absolute atomic E-state index is 8.70. The Morgan fingerprint density at radius 1 is 0.536 bits per heavy atom. The number of benzene rings is 3. The molecule has 28 heavy (non-hydrogen) atoms. The lowest BCUT2D eigenvalue weighted by Gasteiger charge is -2.14. The molecule has 3 aromatic rings. The van der Waals surface area contributed by atoms with Gasteiger partial charge in [0.1, 0.15) is 11.5 Å². The van der Waals surface area contributed by atoms with E-state index in [-0.39, 0.29) is 11.5 Å². The molecular formula is C24H32N2O2. The highest BCUT2D eigenvalue weighted by Crippen LogP contribution is 2.25. The van der Waals surface area contributed by atoms with Crippen LogP contribution in [0.15, 0.2) is 72.8 Å². The maximum Gasteiger partial charge on any atom is 0.115 e. The van der Waals surface area contributed by atoms with Gasteiger partial charge >= 0.3 is 0 Å². The first-order valence-corrected chi connectivity index (χ1v) is 9.38. The van der Waals surface area contributed by atoms with Crippen LogP contribution in [0.4, 0.5) is 11.4 Å². The Morgan fingerprint density at radius 2 is 0.821 bits per heavy atom. The number of rotatable bonds is 2. The van der Waals surface area contributed by atoms with Crippen molar-refractivity contribution in [3.8, 4) is 11.5 Å². The highest BCUT2D eigenvalue weighted by atomic mass is 16.3. The Morgan fingerprint density at radius 3 is 1.04 bits per heavy atom. The summed E-state index contributed by atoms with van der Waals surface area (Å²) in [5.74, 6) is 1.78. The second kappa shape index (κ2) is 11.5. The Hall–Kier alpha value is -3.14. The summed E-state index contributed by atoms with van der Waals surface area (Å²) in [5, 5.41) is 17.4. The van der Waals surface area contributed by atoms with Gasteiger partial charge in [-0.1, -0.05) is 52.0 Å². The van der Waals surface area contributed by atoms with E-state index < -0.39 is 0 Å². The van der Waals surface area contributed by atoms with E-state index in [9.17, 15) is 0 Å². The van der Waals surface area contributed by atoms with Gasteiger partial charge in [-0.3, -0.25) is 0 Å². The van der Waals surface area contributed by atoms with E-state index in [0.29, 0.717) is 23.2 Å². The predicted octanol–water partition coefficient (Wildman–Crippen LogP) is 5.88. The summed E-state index contributed by atoms with van der Waals surface area (Å²) in [6.45, 7) is 9.00. The minimum Gasteiger partial charge on any atom is -0.508 e. The molecule has 4 nitrogen and oxygen atoms in total. The molecule has 0 atom stereocenters. The van der Waals surface area contributed by atoms with E-state index in [1.54, 1.807) is 48.5 Å². The van der Waals surface area contributed by atoms with Crippen LogP contribution in [-0.4, -0.2) is 10.2 Å². The van der Waals surface area contributed by atoms with Crippen molar-refractivity contribution in [1.29, 1.82) is 0 Å². The number of aromatic hydroxyl groups is 2. The zero-order valence-corrected chi connectivity index (χ0v) is 17.1. The third kappa shape index (κ3) is 8.49. The second-order valence-electron chi connectivity index (χ2n) is 7.12. The lowest BCUT2D eigenvalue weighted by molar-refractivity contribution is 0.475. The standard InChI is InChI=1S/C12H18.2C6H7NO/c1-9(2)11-7-5-6-8-12(11)10(3)4;2*7-5-1-3-6(8)4-2-5/h5-10H,1-4H3;2*1-4,8H,7H2. The average molecular weight is 381 g/mol. The Kier molecular flexibility index (Phi) is 9.44. The smallest absolute Gasteiger partial charge is 0.115 e. The summed E-state index contributed by atoms with van der Waals surface area (Å²) in [5.41, 5.74) is 15.0. The molecule has 150 valence electrons. The first-order valence-electron chi connectivity index (χ1n) is 9.38. The minimum atomic E-state index is 0.249. The zero-order chi connectivity index (χ0) is 21.1. The number of nitrogens with two attached hydrogens (primary N) is 2. The molecular weight excluding hydrogens is 348 g/mol. The van der Waals surface area contributed by atoms with Crippen LogP contribution in [0.5, 0.6) is 11.5 Å². The molecule has 0 aliphatic heterocycles. The Labute approximate surface area is 168 Å². The summed E-state index contributed by atoms with van der Waals surface area (Å²) >= 11 is 0. The summed E-state index contributed by atoms with van der Waals surface area (Å²) in [7, 11) is 0. The van der Waals surface area contributed by atoms with Gasteiger partial charge in [0.2, 0.25) is 0 Å². The van der Waals surface area contributed by atoms with E-state index in [2.05, 4.69) is 52.0 Å². The molecule has 0 fully saturated rings. The molecule has 0 heterocycles. The van der Waals surface area contributed by atoms with Gasteiger partial charge in [0, 0.05) is 11.4 Å². The number of phenols is 2. The van der Waals surface area contributed by atoms with Gasteiger partial charge < -0.3 is 21.7 Å². The van der Waals surface area contributed by atoms with E-state index in [1.165, 1.54) is 11.1 Å². The molecule has 0 bridgehead atoms. The van der Waals surface area contributed by atoms with E-state index in [0.717, 1.165) is 0 Å². The minimum absolute atomic E-state index is 0.249. The van der Waals surface area contributed by atoms with Crippen LogP contribution in [0.1, 0.15) is 50.7 Å². The van der Waals surface area contributed by atoms with Gasteiger partial charge in [0.05, 0.1) is 0 Å². The zero-order valence-electron chi connectivity index (χ0n) is 17.1. The number of phenolic OH excluding ortho intramolecular Hbond substituents is 2. The molecule has 0 aliphatic rings. The number of hydrogen-bond donors (Lipinski definition) is 4. The Bertz CT molecular complexity index is 698. The normalized spacial score (nSPS) is 9.93. The topological polar surface area (TPSA) is 92.5 Å². The van der Waals surface area contributed by atoms with Crippen molar-refractivity contribution in [3.05, 3.63) is 83.9 Å². The first kappa shape index (κ1) is 22.9. The molecule has 0 aliphatic carbocycles. The van der Waals surface area contributed by atoms with Crippen molar-refractivity contribution in [2.45, 2.75) is 39.5 Å². The maximum atomic E-state index is 8.70. The third-order valence-electron chi connectivity index (χ3n) is 4.03. The molecule has 0 aromatic heterocycles. The van der Waals surface area contributed by atoms with Crippen molar-refractivity contribution in [2.75, 3.05) is 11.5 Å². The first-order chi connectivity index (χ1) is 13.2. The molecule has 3 aromatic carbocycles. The van der Waals surface area contributed by atoms with Crippen LogP contribution in [0.25, 0.3) is 0 Å². The Balaban J connectivity index is 0.000000217. The third-order valence-corrected chi connectivity index (χ3v) is 4.03. The highest BCUT2D eigenvalue weighted by Gasteiger charge is 2.07. The lowest BCUT2D eigenvalue weighted by atomic mass is 9.91. The van der Waals surface area contributed by atoms with Crippen molar-refractivity contribution < 1.29 is 10.2 Å². The van der Waals surface area contributed by atoms with Crippen LogP contribution in [-0.2, 0) is 0 Å². The molecule has 0 amide bonds. The fourth-order valence-corrected chi connectivity index (χ4v) is 2.51. The molecule has 0 unspecified atom stereocenters. The quantitative estimate of drug-likeness (QED) is 0.330. The van der Waals surface area contributed by atoms with Crippen LogP contribution < -0.4 is 11.5 Å². The average Bonchev–Trinajstić information content (AvgIpc) is 2.67. The number of anilines is 2. The van der Waals surface area contributed by atoms with Gasteiger partial charge in [-0.15, -0.1) is 0 Å². The van der Waals surface area contributed by atoms with Crippen LogP contribution >= 0.6 is 0 Å². The van der Waals surface area contributed by atoms with Crippen molar-refractivity contribution in [3.63, 3.8) is 0 Å². The van der Waals surface area contributed by atoms with E-state index >= 15 is 0 Å². The van der Waals surface area contributed by atoms with E-state index in [4.69, 9.17) is 21.7 Å². The van der Waals surface area contributed by atoms with Gasteiger partial charge in [-0.25, -0.2) is 0 Å². The molecule has 0 saturated carbocycles. The summed E-state index contributed by atoms with van der Waals surface area (Å²) in [6, 6.07) is 21.5. The van der Waals surface area contributed by atoms with Crippen LogP contribution in [0.3, 0.4) is 0 Å². The molecule has 0 radical (unpaired) electrons. The fraction of sp³-hybridized carbons (Fsp3) is 0.250. The number of nitrogen functional groups attached to an aromatic ring is 2. The lowest BCUT2D eigenvalue weighted by Crippen LogP contribution is -1.97. The van der Waals surface area contributed by atoms with Gasteiger partial charge in [0.15, 0.2) is 0 Å². The van der Waals surface area contributed by atoms with Crippen LogP contribution in [0, 0.1) is 0 Å². The van der Waals surface area contributed by atoms with Crippen molar-refractivity contribution in [1.82, 2.24) is 0 Å². The summed E-state index contributed by atoms with van der Waals surface area (Å²) < 4.78 is 0. The molecule has 0 spiro atoms. The van der Waals surface area contributed by atoms with Gasteiger partial charge in [0.25, 0.3) is 0 Å². The molecule has 3 rings (SSSR count). The largest absolute Gasteiger partial charge is 0.508 e. The number of hydrogen-bond acceptors (Lipinski definition) is 4. The predicted molar refractivity (Wildman–Crippen MR) is 120 cm³/mol. The molecule has 4 heteroatoms. The van der Waals surface area contributed by atoms with Crippen LogP contribution in [0.2, 0.25) is 0 Å². The summed E-state index contributed by atoms with van der Waals surface area (Å²) in [6.07, 6.45) is 0. The second-order valence-corrected chi connectivity index (χ2v) is 7.12. The van der Waals surface area contributed by atoms with Crippen molar-refractivity contribution in [2.24, 2.45) is 0 Å². The highest BCUT2D eigenvalue weighted by molar-refractivity contribution is 5.41. The molecule has 0 saturated heterocycles. The fourth-order valence-electron chi connectivity index (χ4n) is 2.51. The van der Waals surface area contributed by atoms with Crippen molar-refractivity contribution >= 4 is 11.4 Å². The van der Waals surface area contributed by atoms with E-state index in [1.807, 2.05) is 0 Å². The summed E-state index contributed by atoms with van der Waals surface area (Å²) in [4.78, 5) is 0. The van der Waals surface area contributed by atoms with Gasteiger partial charge in [-0.05, 0) is 71.5 Å². The molecule has 6 N–H and O–H groups in total. The monoisotopic (exact) mass is 380 g/mol.